The molecule has 0 unspecified atom stereocenters. The number of halogens is 3. The van der Waals surface area contributed by atoms with Gasteiger partial charge in [-0.15, -0.1) is 13.2 Å². The largest absolute Gasteiger partial charge is 0.573 e. The zero-order valence-corrected chi connectivity index (χ0v) is 8.75. The molecule has 1 rings (SSSR count). The smallest absolute Gasteiger partial charge is 0.490 e. The lowest BCUT2D eigenvalue weighted by molar-refractivity contribution is -0.275. The lowest BCUT2D eigenvalue weighted by Gasteiger charge is -2.13. The standard InChI is InChI=1S/C10H9F3O4/c1-2-16-8-5-6(9(14)15)3-4-7(8)17-10(11,12)13/h3-5H,2H2,1H3,(H,14,15). The van der Waals surface area contributed by atoms with Crippen LogP contribution in [-0.2, 0) is 0 Å². The molecule has 0 saturated heterocycles. The number of alkyl halides is 3. The number of aromatic carboxylic acids is 1. The molecule has 94 valence electrons. The minimum Gasteiger partial charge on any atom is -0.490 e. The molecule has 0 bridgehead atoms. The fraction of sp³-hybridized carbons (Fsp3) is 0.300. The van der Waals surface area contributed by atoms with E-state index in [1.807, 2.05) is 0 Å². The van der Waals surface area contributed by atoms with Crippen molar-refractivity contribution in [1.82, 2.24) is 0 Å². The molecule has 7 heteroatoms. The maximum Gasteiger partial charge on any atom is 0.573 e. The van der Waals surface area contributed by atoms with Crippen LogP contribution in [0.2, 0.25) is 0 Å². The Labute approximate surface area is 94.6 Å². The first-order valence-electron chi connectivity index (χ1n) is 4.59. The summed E-state index contributed by atoms with van der Waals surface area (Å²) in [5, 5.41) is 8.68. The average Bonchev–Trinajstić information content (AvgIpc) is 2.18. The number of carboxylic acid groups (broad SMARTS) is 1. The highest BCUT2D eigenvalue weighted by molar-refractivity contribution is 5.88. The molecule has 0 fully saturated rings. The van der Waals surface area contributed by atoms with Gasteiger partial charge >= 0.3 is 12.3 Å². The summed E-state index contributed by atoms with van der Waals surface area (Å²) in [5.41, 5.74) is -0.178. The molecule has 0 aliphatic rings. The quantitative estimate of drug-likeness (QED) is 0.892. The molecule has 17 heavy (non-hydrogen) atoms. The first kappa shape index (κ1) is 13.1. The van der Waals surface area contributed by atoms with E-state index < -0.39 is 18.1 Å². The summed E-state index contributed by atoms with van der Waals surface area (Å²) in [6.45, 7) is 1.65. The van der Waals surface area contributed by atoms with Gasteiger partial charge in [0.1, 0.15) is 0 Å². The lowest BCUT2D eigenvalue weighted by atomic mass is 10.2. The number of carboxylic acids is 1. The predicted molar refractivity (Wildman–Crippen MR) is 51.3 cm³/mol. The van der Waals surface area contributed by atoms with Gasteiger partial charge in [0.15, 0.2) is 11.5 Å². The van der Waals surface area contributed by atoms with Crippen LogP contribution in [0.25, 0.3) is 0 Å². The monoisotopic (exact) mass is 250 g/mol. The van der Waals surface area contributed by atoms with Crippen molar-refractivity contribution in [2.45, 2.75) is 13.3 Å². The molecule has 0 aliphatic heterocycles. The number of carbonyl (C=O) groups is 1. The van der Waals surface area contributed by atoms with E-state index in [9.17, 15) is 18.0 Å². The molecule has 1 N–H and O–H groups in total. The minimum absolute atomic E-state index is 0.0945. The fourth-order valence-electron chi connectivity index (χ4n) is 1.12. The van der Waals surface area contributed by atoms with Crippen LogP contribution in [0.4, 0.5) is 13.2 Å². The van der Waals surface area contributed by atoms with E-state index in [2.05, 4.69) is 4.74 Å². The molecule has 0 radical (unpaired) electrons. The van der Waals surface area contributed by atoms with E-state index in [1.54, 1.807) is 6.92 Å². The molecular formula is C10H9F3O4. The van der Waals surface area contributed by atoms with E-state index >= 15 is 0 Å². The van der Waals surface area contributed by atoms with E-state index in [1.165, 1.54) is 0 Å². The van der Waals surface area contributed by atoms with Gasteiger partial charge in [0.2, 0.25) is 0 Å². The third kappa shape index (κ3) is 3.86. The number of hydrogen-bond donors (Lipinski definition) is 1. The van der Waals surface area contributed by atoms with Crippen LogP contribution in [0.15, 0.2) is 18.2 Å². The van der Waals surface area contributed by atoms with Crippen LogP contribution in [0.5, 0.6) is 11.5 Å². The summed E-state index contributed by atoms with van der Waals surface area (Å²) in [5.74, 6) is -2.08. The molecular weight excluding hydrogens is 241 g/mol. The molecule has 1 aromatic rings. The topological polar surface area (TPSA) is 55.8 Å². The van der Waals surface area contributed by atoms with Gasteiger partial charge in [-0.25, -0.2) is 4.79 Å². The van der Waals surface area contributed by atoms with Crippen molar-refractivity contribution in [3.05, 3.63) is 23.8 Å². The summed E-state index contributed by atoms with van der Waals surface area (Å²) in [4.78, 5) is 10.6. The van der Waals surface area contributed by atoms with Crippen molar-refractivity contribution in [2.24, 2.45) is 0 Å². The second-order valence-electron chi connectivity index (χ2n) is 2.95. The average molecular weight is 250 g/mol. The summed E-state index contributed by atoms with van der Waals surface area (Å²) < 4.78 is 44.7. The lowest BCUT2D eigenvalue weighted by Crippen LogP contribution is -2.18. The molecule has 1 aromatic carbocycles. The highest BCUT2D eigenvalue weighted by Gasteiger charge is 2.32. The van der Waals surface area contributed by atoms with Gasteiger partial charge < -0.3 is 14.6 Å². The molecule has 0 spiro atoms. The number of hydrogen-bond acceptors (Lipinski definition) is 3. The zero-order valence-electron chi connectivity index (χ0n) is 8.75. The van der Waals surface area contributed by atoms with E-state index in [0.29, 0.717) is 0 Å². The fourth-order valence-corrected chi connectivity index (χ4v) is 1.12. The molecule has 0 aliphatic carbocycles. The van der Waals surface area contributed by atoms with Gasteiger partial charge in [0.25, 0.3) is 0 Å². The first-order chi connectivity index (χ1) is 7.83. The Balaban J connectivity index is 3.08. The van der Waals surface area contributed by atoms with Gasteiger partial charge in [-0.05, 0) is 25.1 Å². The van der Waals surface area contributed by atoms with Gasteiger partial charge in [-0.3, -0.25) is 0 Å². The summed E-state index contributed by atoms with van der Waals surface area (Å²) in [7, 11) is 0. The van der Waals surface area contributed by atoms with E-state index in [-0.39, 0.29) is 17.9 Å². The van der Waals surface area contributed by atoms with Crippen molar-refractivity contribution in [3.8, 4) is 11.5 Å². The molecule has 0 atom stereocenters. The second kappa shape index (κ2) is 4.94. The summed E-state index contributed by atoms with van der Waals surface area (Å²) in [6, 6.07) is 2.89. The van der Waals surface area contributed by atoms with Crippen LogP contribution < -0.4 is 9.47 Å². The highest BCUT2D eigenvalue weighted by atomic mass is 19.4. The highest BCUT2D eigenvalue weighted by Crippen LogP contribution is 2.33. The third-order valence-corrected chi connectivity index (χ3v) is 1.72. The minimum atomic E-state index is -4.85. The van der Waals surface area contributed by atoms with Crippen LogP contribution in [-0.4, -0.2) is 24.0 Å². The maximum absolute atomic E-state index is 12.0. The van der Waals surface area contributed by atoms with Gasteiger partial charge in [0, 0.05) is 0 Å². The zero-order chi connectivity index (χ0) is 13.1. The van der Waals surface area contributed by atoms with Crippen LogP contribution in [0.3, 0.4) is 0 Å². The Hall–Kier alpha value is -1.92. The number of ether oxygens (including phenoxy) is 2. The number of rotatable bonds is 4. The van der Waals surface area contributed by atoms with Crippen LogP contribution in [0.1, 0.15) is 17.3 Å². The maximum atomic E-state index is 12.0. The third-order valence-electron chi connectivity index (χ3n) is 1.72. The second-order valence-corrected chi connectivity index (χ2v) is 2.95. The van der Waals surface area contributed by atoms with Crippen molar-refractivity contribution in [1.29, 1.82) is 0 Å². The first-order valence-corrected chi connectivity index (χ1v) is 4.59. The van der Waals surface area contributed by atoms with Gasteiger partial charge in [0.05, 0.1) is 12.2 Å². The van der Waals surface area contributed by atoms with Crippen molar-refractivity contribution in [3.63, 3.8) is 0 Å². The molecule has 4 nitrogen and oxygen atoms in total. The Kier molecular flexibility index (Phi) is 3.82. The molecule has 0 aromatic heterocycles. The Morgan fingerprint density at radius 3 is 2.47 bits per heavy atom. The predicted octanol–water partition coefficient (Wildman–Crippen LogP) is 2.68. The van der Waals surface area contributed by atoms with Crippen molar-refractivity contribution >= 4 is 5.97 Å². The van der Waals surface area contributed by atoms with Gasteiger partial charge in [-0.2, -0.15) is 0 Å². The summed E-state index contributed by atoms with van der Waals surface area (Å²) in [6.07, 6.45) is -4.85. The van der Waals surface area contributed by atoms with Gasteiger partial charge in [-0.1, -0.05) is 0 Å². The Morgan fingerprint density at radius 1 is 1.35 bits per heavy atom. The SMILES string of the molecule is CCOc1cc(C(=O)O)ccc1OC(F)(F)F. The van der Waals surface area contributed by atoms with Crippen molar-refractivity contribution < 1.29 is 32.5 Å². The van der Waals surface area contributed by atoms with Crippen LogP contribution in [0, 0.1) is 0 Å². The molecule has 0 amide bonds. The van der Waals surface area contributed by atoms with Crippen LogP contribution >= 0.6 is 0 Å². The normalized spacial score (nSPS) is 11.1. The van der Waals surface area contributed by atoms with E-state index in [0.717, 1.165) is 18.2 Å². The molecule has 0 saturated carbocycles. The molecule has 0 heterocycles. The summed E-state index contributed by atoms with van der Waals surface area (Å²) >= 11 is 0. The number of benzene rings is 1. The Bertz CT molecular complexity index is 415. The van der Waals surface area contributed by atoms with Crippen molar-refractivity contribution in [2.75, 3.05) is 6.61 Å². The Morgan fingerprint density at radius 2 is 2.00 bits per heavy atom. The van der Waals surface area contributed by atoms with E-state index in [4.69, 9.17) is 9.84 Å².